The molecule has 0 saturated heterocycles. The summed E-state index contributed by atoms with van der Waals surface area (Å²) in [6.07, 6.45) is 9.62. The number of nitrogens with zero attached hydrogens (tertiary/aromatic N) is 1. The Balaban J connectivity index is 1.82. The fourth-order valence-electron chi connectivity index (χ4n) is 2.09. The molecule has 0 radical (unpaired) electrons. The van der Waals surface area contributed by atoms with Crippen molar-refractivity contribution in [3.8, 4) is 0 Å². The van der Waals surface area contributed by atoms with Gasteiger partial charge in [-0.15, -0.1) is 0 Å². The summed E-state index contributed by atoms with van der Waals surface area (Å²) in [5, 5.41) is 3.99. The molecule has 2 aromatic heterocycles. The molecule has 86 valence electrons. The zero-order valence-corrected chi connectivity index (χ0v) is 9.31. The monoisotopic (exact) mass is 227 g/mol. The second-order valence-corrected chi connectivity index (χ2v) is 4.23. The summed E-state index contributed by atoms with van der Waals surface area (Å²) < 4.78 is 0. The van der Waals surface area contributed by atoms with Crippen LogP contribution in [0.3, 0.4) is 0 Å². The number of amides is 1. The largest absolute Gasteiger partial charge is 0.349 e. The lowest BCUT2D eigenvalue weighted by atomic mass is 10.2. The highest BCUT2D eigenvalue weighted by atomic mass is 16.1. The van der Waals surface area contributed by atoms with E-state index in [9.17, 15) is 4.79 Å². The molecule has 4 heteroatoms. The molecule has 2 heterocycles. The van der Waals surface area contributed by atoms with Gasteiger partial charge in [0.15, 0.2) is 0 Å². The van der Waals surface area contributed by atoms with E-state index in [0.29, 0.717) is 5.69 Å². The SMILES string of the molecule is O=C(NC1C=CCC1)c1cc2ccncc2[nH]1. The smallest absolute Gasteiger partial charge is 0.268 e. The molecule has 0 aromatic carbocycles. The molecule has 0 bridgehead atoms. The number of carbonyl (C=O) groups is 1. The van der Waals surface area contributed by atoms with Crippen molar-refractivity contribution in [1.82, 2.24) is 15.3 Å². The lowest BCUT2D eigenvalue weighted by Crippen LogP contribution is -2.32. The van der Waals surface area contributed by atoms with Crippen LogP contribution in [0.25, 0.3) is 10.9 Å². The average Bonchev–Trinajstić information content (AvgIpc) is 2.96. The van der Waals surface area contributed by atoms with Crippen LogP contribution in [0.4, 0.5) is 0 Å². The van der Waals surface area contributed by atoms with Gasteiger partial charge in [0.05, 0.1) is 11.7 Å². The van der Waals surface area contributed by atoms with Gasteiger partial charge < -0.3 is 10.3 Å². The van der Waals surface area contributed by atoms with Crippen LogP contribution in [0.1, 0.15) is 23.3 Å². The summed E-state index contributed by atoms with van der Waals surface area (Å²) in [5.74, 6) is -0.0576. The van der Waals surface area contributed by atoms with Gasteiger partial charge in [-0.1, -0.05) is 12.2 Å². The number of carbonyl (C=O) groups excluding carboxylic acids is 1. The molecule has 17 heavy (non-hydrogen) atoms. The molecular formula is C13H13N3O. The summed E-state index contributed by atoms with van der Waals surface area (Å²) >= 11 is 0. The van der Waals surface area contributed by atoms with E-state index in [0.717, 1.165) is 23.7 Å². The Morgan fingerprint density at radius 3 is 3.24 bits per heavy atom. The molecule has 0 spiro atoms. The standard InChI is InChI=1S/C13H13N3O/c17-13(15-10-3-1-2-4-10)11-7-9-5-6-14-8-12(9)16-11/h1,3,5-8,10,16H,2,4H2,(H,15,17). The molecule has 1 atom stereocenters. The van der Waals surface area contributed by atoms with E-state index >= 15 is 0 Å². The Labute approximate surface area is 98.7 Å². The predicted molar refractivity (Wildman–Crippen MR) is 65.7 cm³/mol. The third-order valence-corrected chi connectivity index (χ3v) is 3.00. The molecule has 1 aliphatic carbocycles. The summed E-state index contributed by atoms with van der Waals surface area (Å²) in [7, 11) is 0. The first-order chi connectivity index (χ1) is 8.33. The van der Waals surface area contributed by atoms with Crippen molar-refractivity contribution in [1.29, 1.82) is 0 Å². The van der Waals surface area contributed by atoms with E-state index in [-0.39, 0.29) is 11.9 Å². The Kier molecular flexibility index (Phi) is 2.40. The Morgan fingerprint density at radius 1 is 1.53 bits per heavy atom. The van der Waals surface area contributed by atoms with Crippen molar-refractivity contribution in [3.05, 3.63) is 42.4 Å². The quantitative estimate of drug-likeness (QED) is 0.771. The van der Waals surface area contributed by atoms with Crippen molar-refractivity contribution >= 4 is 16.8 Å². The van der Waals surface area contributed by atoms with Crippen LogP contribution in [-0.2, 0) is 0 Å². The van der Waals surface area contributed by atoms with Gasteiger partial charge >= 0.3 is 0 Å². The zero-order chi connectivity index (χ0) is 11.7. The van der Waals surface area contributed by atoms with Crippen LogP contribution in [0.5, 0.6) is 0 Å². The van der Waals surface area contributed by atoms with Crippen molar-refractivity contribution in [2.24, 2.45) is 0 Å². The maximum Gasteiger partial charge on any atom is 0.268 e. The topological polar surface area (TPSA) is 57.8 Å². The van der Waals surface area contributed by atoms with Crippen LogP contribution in [-0.4, -0.2) is 21.9 Å². The first-order valence-electron chi connectivity index (χ1n) is 5.73. The maximum absolute atomic E-state index is 12.0. The number of hydrogen-bond donors (Lipinski definition) is 2. The van der Waals surface area contributed by atoms with Crippen LogP contribution < -0.4 is 5.32 Å². The third-order valence-electron chi connectivity index (χ3n) is 3.00. The first-order valence-corrected chi connectivity index (χ1v) is 5.73. The van der Waals surface area contributed by atoms with Gasteiger partial charge in [0.2, 0.25) is 0 Å². The van der Waals surface area contributed by atoms with E-state index in [1.165, 1.54) is 0 Å². The summed E-state index contributed by atoms with van der Waals surface area (Å²) in [4.78, 5) is 19.1. The molecule has 2 aromatic rings. The van der Waals surface area contributed by atoms with Crippen LogP contribution in [0.2, 0.25) is 0 Å². The second-order valence-electron chi connectivity index (χ2n) is 4.23. The van der Waals surface area contributed by atoms with Gasteiger partial charge in [-0.05, 0) is 25.0 Å². The number of allylic oxidation sites excluding steroid dienone is 1. The summed E-state index contributed by atoms with van der Waals surface area (Å²) in [6.45, 7) is 0. The van der Waals surface area contributed by atoms with Gasteiger partial charge in [-0.25, -0.2) is 0 Å². The molecule has 1 aliphatic rings. The Hall–Kier alpha value is -2.10. The second kappa shape index (κ2) is 4.05. The van der Waals surface area contributed by atoms with E-state index in [1.807, 2.05) is 18.2 Å². The molecule has 0 saturated carbocycles. The minimum atomic E-state index is -0.0576. The highest BCUT2D eigenvalue weighted by Crippen LogP contribution is 2.14. The molecule has 1 unspecified atom stereocenters. The van der Waals surface area contributed by atoms with E-state index in [2.05, 4.69) is 21.4 Å². The average molecular weight is 227 g/mol. The van der Waals surface area contributed by atoms with E-state index < -0.39 is 0 Å². The third kappa shape index (κ3) is 1.93. The van der Waals surface area contributed by atoms with Crippen molar-refractivity contribution in [3.63, 3.8) is 0 Å². The maximum atomic E-state index is 12.0. The molecule has 1 amide bonds. The first kappa shape index (κ1) is 10.1. The summed E-state index contributed by atoms with van der Waals surface area (Å²) in [6, 6.07) is 3.91. The van der Waals surface area contributed by atoms with Gasteiger partial charge in [-0.2, -0.15) is 0 Å². The number of hydrogen-bond acceptors (Lipinski definition) is 2. The van der Waals surface area contributed by atoms with Crippen LogP contribution >= 0.6 is 0 Å². The Bertz CT molecular complexity index is 552. The van der Waals surface area contributed by atoms with Gasteiger partial charge in [0, 0.05) is 17.6 Å². The van der Waals surface area contributed by atoms with E-state index in [1.54, 1.807) is 12.4 Å². The molecule has 0 fully saturated rings. The molecule has 3 rings (SSSR count). The zero-order valence-electron chi connectivity index (χ0n) is 9.31. The summed E-state index contributed by atoms with van der Waals surface area (Å²) in [5.41, 5.74) is 1.48. The fourth-order valence-corrected chi connectivity index (χ4v) is 2.09. The minimum Gasteiger partial charge on any atom is -0.349 e. The van der Waals surface area contributed by atoms with Gasteiger partial charge in [-0.3, -0.25) is 9.78 Å². The van der Waals surface area contributed by atoms with Gasteiger partial charge in [0.25, 0.3) is 5.91 Å². The van der Waals surface area contributed by atoms with Crippen molar-refractivity contribution in [2.75, 3.05) is 0 Å². The highest BCUT2D eigenvalue weighted by molar-refractivity contribution is 5.98. The van der Waals surface area contributed by atoms with Crippen LogP contribution in [0.15, 0.2) is 36.7 Å². The Morgan fingerprint density at radius 2 is 2.47 bits per heavy atom. The van der Waals surface area contributed by atoms with Gasteiger partial charge in [0.1, 0.15) is 5.69 Å². The lowest BCUT2D eigenvalue weighted by molar-refractivity contribution is 0.0940. The van der Waals surface area contributed by atoms with Crippen molar-refractivity contribution in [2.45, 2.75) is 18.9 Å². The fraction of sp³-hybridized carbons (Fsp3) is 0.231. The molecule has 4 nitrogen and oxygen atoms in total. The predicted octanol–water partition coefficient (Wildman–Crippen LogP) is 2.01. The minimum absolute atomic E-state index is 0.0576. The number of pyridine rings is 1. The van der Waals surface area contributed by atoms with Crippen LogP contribution in [0, 0.1) is 0 Å². The highest BCUT2D eigenvalue weighted by Gasteiger charge is 2.15. The molecule has 2 N–H and O–H groups in total. The lowest BCUT2D eigenvalue weighted by Gasteiger charge is -2.08. The molecule has 0 aliphatic heterocycles. The molecular weight excluding hydrogens is 214 g/mol. The number of fused-ring (bicyclic) bond motifs is 1. The normalized spacial score (nSPS) is 18.7. The number of aromatic amines is 1. The van der Waals surface area contributed by atoms with E-state index in [4.69, 9.17) is 0 Å². The van der Waals surface area contributed by atoms with Crippen molar-refractivity contribution < 1.29 is 4.79 Å². The number of nitrogens with one attached hydrogen (secondary N) is 2. The number of aromatic nitrogens is 2. The number of rotatable bonds is 2. The number of H-pyrrole nitrogens is 1.